The maximum atomic E-state index is 12.4. The first kappa shape index (κ1) is 23.9. The molecule has 0 saturated carbocycles. The van der Waals surface area contributed by atoms with Crippen LogP contribution in [0.1, 0.15) is 64.9 Å². The molecule has 2 rings (SSSR count). The number of ether oxygens (including phenoxy) is 3. The fourth-order valence-electron chi connectivity index (χ4n) is 3.21. The average molecular weight is 427 g/mol. The highest BCUT2D eigenvalue weighted by Crippen LogP contribution is 2.29. The lowest BCUT2D eigenvalue weighted by Gasteiger charge is -2.12. The molecule has 1 N–H and O–H groups in total. The number of aromatic nitrogens is 1. The number of carbonyl (C=O) groups excluding carboxylic acids is 3. The van der Waals surface area contributed by atoms with Gasteiger partial charge in [0.25, 0.3) is 0 Å². The van der Waals surface area contributed by atoms with Gasteiger partial charge in [-0.3, -0.25) is 9.59 Å². The maximum absolute atomic E-state index is 12.4. The van der Waals surface area contributed by atoms with Crippen LogP contribution in [0.15, 0.2) is 24.3 Å². The van der Waals surface area contributed by atoms with E-state index in [1.54, 1.807) is 38.1 Å². The van der Waals surface area contributed by atoms with Crippen molar-refractivity contribution in [1.82, 2.24) is 4.98 Å². The van der Waals surface area contributed by atoms with Gasteiger partial charge in [-0.1, -0.05) is 13.0 Å². The molecule has 166 valence electrons. The lowest BCUT2D eigenvalue weighted by atomic mass is 10.1. The molecule has 1 heterocycles. The summed E-state index contributed by atoms with van der Waals surface area (Å²) in [5.74, 6) is 0.0788. The van der Waals surface area contributed by atoms with Gasteiger partial charge in [-0.15, -0.1) is 0 Å². The number of benzene rings is 1. The van der Waals surface area contributed by atoms with E-state index in [1.807, 2.05) is 13.8 Å². The Bertz CT molecular complexity index is 986. The first-order valence-corrected chi connectivity index (χ1v) is 10.3. The average Bonchev–Trinajstić information content (AvgIpc) is 3.04. The molecule has 0 fully saturated rings. The lowest BCUT2D eigenvalue weighted by Crippen LogP contribution is -2.14. The predicted octanol–water partition coefficient (Wildman–Crippen LogP) is 4.46. The summed E-state index contributed by atoms with van der Waals surface area (Å²) < 4.78 is 16.3. The van der Waals surface area contributed by atoms with Crippen molar-refractivity contribution in [3.8, 4) is 11.5 Å². The zero-order valence-corrected chi connectivity index (χ0v) is 18.7. The molecule has 0 aliphatic carbocycles. The Kier molecular flexibility index (Phi) is 8.61. The molecule has 0 unspecified atom stereocenters. The number of aromatic amines is 1. The molecular formula is C24H29NO6. The Hall–Kier alpha value is -3.35. The van der Waals surface area contributed by atoms with Crippen LogP contribution in [0, 0.1) is 13.8 Å². The minimum absolute atomic E-state index is 0.122. The Morgan fingerprint density at radius 2 is 1.81 bits per heavy atom. The molecule has 0 amide bonds. The second kappa shape index (κ2) is 11.2. The number of rotatable bonds is 11. The number of hydrogen-bond donors (Lipinski definition) is 1. The van der Waals surface area contributed by atoms with Gasteiger partial charge in [-0.25, -0.2) is 4.79 Å². The van der Waals surface area contributed by atoms with Gasteiger partial charge in [-0.2, -0.15) is 0 Å². The molecule has 0 atom stereocenters. The van der Waals surface area contributed by atoms with Crippen molar-refractivity contribution in [3.63, 3.8) is 0 Å². The molecule has 0 saturated heterocycles. The number of H-pyrrole nitrogens is 1. The van der Waals surface area contributed by atoms with Crippen LogP contribution in [0.4, 0.5) is 0 Å². The van der Waals surface area contributed by atoms with Gasteiger partial charge in [0.1, 0.15) is 0 Å². The van der Waals surface area contributed by atoms with Gasteiger partial charge >= 0.3 is 5.97 Å². The topological polar surface area (TPSA) is 94.7 Å². The van der Waals surface area contributed by atoms with Crippen LogP contribution in [0.5, 0.6) is 11.5 Å². The van der Waals surface area contributed by atoms with Gasteiger partial charge in [0.05, 0.1) is 18.9 Å². The largest absolute Gasteiger partial charge is 0.490 e. The van der Waals surface area contributed by atoms with E-state index in [-0.39, 0.29) is 11.5 Å². The first-order valence-electron chi connectivity index (χ1n) is 10.3. The molecule has 0 spiro atoms. The van der Waals surface area contributed by atoms with Gasteiger partial charge in [0.2, 0.25) is 5.78 Å². The highest BCUT2D eigenvalue weighted by Gasteiger charge is 2.20. The smallest absolute Gasteiger partial charge is 0.331 e. The van der Waals surface area contributed by atoms with Gasteiger partial charge < -0.3 is 19.2 Å². The first-order chi connectivity index (χ1) is 14.8. The van der Waals surface area contributed by atoms with Gasteiger partial charge in [0.15, 0.2) is 23.9 Å². The lowest BCUT2D eigenvalue weighted by molar-refractivity contribution is -0.136. The van der Waals surface area contributed by atoms with Crippen LogP contribution in [-0.2, 0) is 9.53 Å². The number of Topliss-reactive ketones (excluding diaryl/α,β-unsaturated/α-hetero) is 2. The van der Waals surface area contributed by atoms with E-state index in [0.29, 0.717) is 41.5 Å². The normalized spacial score (nSPS) is 10.9. The number of carbonyl (C=O) groups is 3. The highest BCUT2D eigenvalue weighted by molar-refractivity contribution is 6.04. The minimum Gasteiger partial charge on any atom is -0.490 e. The van der Waals surface area contributed by atoms with Gasteiger partial charge in [0, 0.05) is 17.3 Å². The standard InChI is InChI=1S/C24H29NO6/c1-6-12-30-20-10-8-18(13-21(20)29-7-2)9-11-22(28)31-14-19(27)24-15(3)23(17(5)26)16(4)25-24/h8-11,13,25H,6-7,12,14H2,1-5H3/b11-9+. The molecule has 7 nitrogen and oxygen atoms in total. The third-order valence-electron chi connectivity index (χ3n) is 4.56. The van der Waals surface area contributed by atoms with Crippen molar-refractivity contribution < 1.29 is 28.6 Å². The third-order valence-corrected chi connectivity index (χ3v) is 4.56. The van der Waals surface area contributed by atoms with E-state index in [1.165, 1.54) is 13.0 Å². The Morgan fingerprint density at radius 3 is 2.42 bits per heavy atom. The summed E-state index contributed by atoms with van der Waals surface area (Å²) in [5.41, 5.74) is 2.69. The fourth-order valence-corrected chi connectivity index (χ4v) is 3.21. The molecule has 0 aliphatic rings. The van der Waals surface area contributed by atoms with Crippen LogP contribution in [-0.4, -0.2) is 42.3 Å². The molecule has 0 aliphatic heterocycles. The number of ketones is 2. The van der Waals surface area contributed by atoms with Crippen molar-refractivity contribution in [3.05, 3.63) is 52.4 Å². The van der Waals surface area contributed by atoms with Crippen molar-refractivity contribution in [2.45, 2.75) is 41.0 Å². The fraction of sp³-hybridized carbons (Fsp3) is 0.375. The SMILES string of the molecule is CCCOc1ccc(/C=C/C(=O)OCC(=O)c2[nH]c(C)c(C(C)=O)c2C)cc1OCC. The number of esters is 1. The molecule has 0 bridgehead atoms. The van der Waals surface area contributed by atoms with Crippen LogP contribution >= 0.6 is 0 Å². The maximum Gasteiger partial charge on any atom is 0.331 e. The Labute approximate surface area is 182 Å². The van der Waals surface area contributed by atoms with E-state index in [9.17, 15) is 14.4 Å². The molecule has 0 radical (unpaired) electrons. The second-order valence-corrected chi connectivity index (χ2v) is 7.03. The van der Waals surface area contributed by atoms with Crippen LogP contribution in [0.3, 0.4) is 0 Å². The van der Waals surface area contributed by atoms with Gasteiger partial charge in [-0.05, 0) is 63.5 Å². The number of aryl methyl sites for hydroxylation is 1. The zero-order chi connectivity index (χ0) is 23.0. The van der Waals surface area contributed by atoms with Crippen molar-refractivity contribution >= 4 is 23.6 Å². The summed E-state index contributed by atoms with van der Waals surface area (Å²) in [4.78, 5) is 39.1. The van der Waals surface area contributed by atoms with E-state index < -0.39 is 18.4 Å². The highest BCUT2D eigenvalue weighted by atomic mass is 16.5. The van der Waals surface area contributed by atoms with Crippen LogP contribution in [0.25, 0.3) is 6.08 Å². The predicted molar refractivity (Wildman–Crippen MR) is 118 cm³/mol. The molecule has 1 aromatic carbocycles. The van der Waals surface area contributed by atoms with Crippen LogP contribution in [0.2, 0.25) is 0 Å². The Morgan fingerprint density at radius 1 is 1.06 bits per heavy atom. The number of hydrogen-bond acceptors (Lipinski definition) is 6. The van der Waals surface area contributed by atoms with Crippen molar-refractivity contribution in [2.24, 2.45) is 0 Å². The Balaban J connectivity index is 2.01. The summed E-state index contributed by atoms with van der Waals surface area (Å²) in [6.07, 6.45) is 3.71. The van der Waals surface area contributed by atoms with E-state index in [2.05, 4.69) is 4.98 Å². The number of nitrogens with one attached hydrogen (secondary N) is 1. The van der Waals surface area contributed by atoms with Crippen LogP contribution < -0.4 is 9.47 Å². The molecule has 2 aromatic rings. The van der Waals surface area contributed by atoms with E-state index >= 15 is 0 Å². The summed E-state index contributed by atoms with van der Waals surface area (Å²) in [7, 11) is 0. The van der Waals surface area contributed by atoms with Crippen molar-refractivity contribution in [1.29, 1.82) is 0 Å². The van der Waals surface area contributed by atoms with E-state index in [4.69, 9.17) is 14.2 Å². The summed E-state index contributed by atoms with van der Waals surface area (Å²) in [6, 6.07) is 5.37. The summed E-state index contributed by atoms with van der Waals surface area (Å²) in [6.45, 7) is 9.42. The monoisotopic (exact) mass is 427 g/mol. The quantitative estimate of drug-likeness (QED) is 0.323. The molecular weight excluding hydrogens is 398 g/mol. The van der Waals surface area contributed by atoms with Crippen molar-refractivity contribution in [2.75, 3.05) is 19.8 Å². The zero-order valence-electron chi connectivity index (χ0n) is 18.7. The molecule has 7 heteroatoms. The third kappa shape index (κ3) is 6.31. The molecule has 31 heavy (non-hydrogen) atoms. The summed E-state index contributed by atoms with van der Waals surface area (Å²) in [5, 5.41) is 0. The molecule has 1 aromatic heterocycles. The second-order valence-electron chi connectivity index (χ2n) is 7.03. The minimum atomic E-state index is -0.648. The van der Waals surface area contributed by atoms with E-state index in [0.717, 1.165) is 12.0 Å². The summed E-state index contributed by atoms with van der Waals surface area (Å²) >= 11 is 0.